The quantitative estimate of drug-likeness (QED) is 0.484. The van der Waals surface area contributed by atoms with Crippen molar-refractivity contribution in [2.75, 3.05) is 18.0 Å². The second-order valence-corrected chi connectivity index (χ2v) is 6.96. The van der Waals surface area contributed by atoms with Crippen LogP contribution in [-0.2, 0) is 10.9 Å². The zero-order valence-electron chi connectivity index (χ0n) is 15.4. The van der Waals surface area contributed by atoms with E-state index in [0.717, 1.165) is 17.1 Å². The summed E-state index contributed by atoms with van der Waals surface area (Å²) in [5.41, 5.74) is -1.29. The number of aldehydes is 1. The van der Waals surface area contributed by atoms with Crippen LogP contribution in [0.15, 0.2) is 23.1 Å². The van der Waals surface area contributed by atoms with Gasteiger partial charge in [0.15, 0.2) is 23.6 Å². The standard InChI is InChI=1S/C18H16F4N4O3/c1-9-4-25(5-10(2)28-9)15-11(7-27)3-12-16(14(15)19)29-24-17(12)26-6-13(23-8-26)18(20,21)22/h3,6-10H,4-5H2,1-2H3. The fraction of sp³-hybridized carbons (Fsp3) is 0.389. The molecule has 0 amide bonds. The van der Waals surface area contributed by atoms with E-state index in [1.54, 1.807) is 4.90 Å². The van der Waals surface area contributed by atoms with Crippen LogP contribution in [0.2, 0.25) is 0 Å². The first-order valence-corrected chi connectivity index (χ1v) is 8.78. The molecule has 154 valence electrons. The Morgan fingerprint density at radius 1 is 1.24 bits per heavy atom. The van der Waals surface area contributed by atoms with Crippen molar-refractivity contribution in [3.63, 3.8) is 0 Å². The van der Waals surface area contributed by atoms with Crippen LogP contribution in [0.1, 0.15) is 29.9 Å². The van der Waals surface area contributed by atoms with Gasteiger partial charge in [-0.25, -0.2) is 9.37 Å². The first kappa shape index (κ1) is 19.4. The van der Waals surface area contributed by atoms with Gasteiger partial charge >= 0.3 is 6.18 Å². The maximum absolute atomic E-state index is 15.3. The summed E-state index contributed by atoms with van der Waals surface area (Å²) >= 11 is 0. The average Bonchev–Trinajstić information content (AvgIpc) is 3.27. The molecule has 29 heavy (non-hydrogen) atoms. The Bertz CT molecular complexity index is 1070. The molecule has 7 nitrogen and oxygen atoms in total. The number of benzene rings is 1. The largest absolute Gasteiger partial charge is 0.434 e. The molecule has 2 atom stereocenters. The highest BCUT2D eigenvalue weighted by atomic mass is 19.4. The van der Waals surface area contributed by atoms with Crippen LogP contribution in [0.3, 0.4) is 0 Å². The molecule has 1 saturated heterocycles. The number of aromatic nitrogens is 3. The van der Waals surface area contributed by atoms with Crippen LogP contribution >= 0.6 is 0 Å². The van der Waals surface area contributed by atoms with Gasteiger partial charge in [0.2, 0.25) is 5.58 Å². The summed E-state index contributed by atoms with van der Waals surface area (Å²) in [6.45, 7) is 4.41. The highest BCUT2D eigenvalue weighted by Crippen LogP contribution is 2.36. The van der Waals surface area contributed by atoms with Gasteiger partial charge in [0.05, 0.1) is 23.3 Å². The lowest BCUT2D eigenvalue weighted by Gasteiger charge is -2.37. The van der Waals surface area contributed by atoms with Gasteiger partial charge in [0.25, 0.3) is 0 Å². The Morgan fingerprint density at radius 3 is 2.52 bits per heavy atom. The van der Waals surface area contributed by atoms with Crippen LogP contribution < -0.4 is 4.90 Å². The summed E-state index contributed by atoms with van der Waals surface area (Å²) in [6, 6.07) is 1.35. The van der Waals surface area contributed by atoms with Crippen LogP contribution in [-0.4, -0.2) is 46.3 Å². The van der Waals surface area contributed by atoms with E-state index in [4.69, 9.17) is 9.26 Å². The van der Waals surface area contributed by atoms with Crippen molar-refractivity contribution in [2.24, 2.45) is 0 Å². The monoisotopic (exact) mass is 412 g/mol. The van der Waals surface area contributed by atoms with Gasteiger partial charge in [0.1, 0.15) is 6.33 Å². The molecule has 0 spiro atoms. The van der Waals surface area contributed by atoms with Crippen molar-refractivity contribution in [3.8, 4) is 5.82 Å². The van der Waals surface area contributed by atoms with E-state index in [2.05, 4.69) is 10.1 Å². The molecular weight excluding hydrogens is 396 g/mol. The second kappa shape index (κ2) is 6.83. The molecule has 2 unspecified atom stereocenters. The van der Waals surface area contributed by atoms with Gasteiger partial charge in [0, 0.05) is 24.8 Å². The normalized spacial score (nSPS) is 20.4. The number of anilines is 1. The van der Waals surface area contributed by atoms with Gasteiger partial charge in [-0.05, 0) is 19.9 Å². The Morgan fingerprint density at radius 2 is 1.93 bits per heavy atom. The molecule has 1 fully saturated rings. The van der Waals surface area contributed by atoms with Gasteiger partial charge in [-0.3, -0.25) is 9.36 Å². The van der Waals surface area contributed by atoms with E-state index < -0.39 is 17.7 Å². The van der Waals surface area contributed by atoms with Crippen molar-refractivity contribution in [3.05, 3.63) is 35.7 Å². The lowest BCUT2D eigenvalue weighted by molar-refractivity contribution is -0.140. The van der Waals surface area contributed by atoms with Crippen molar-refractivity contribution in [1.29, 1.82) is 0 Å². The minimum Gasteiger partial charge on any atom is -0.372 e. The predicted molar refractivity (Wildman–Crippen MR) is 93.7 cm³/mol. The zero-order valence-corrected chi connectivity index (χ0v) is 15.4. The summed E-state index contributed by atoms with van der Waals surface area (Å²) in [5.74, 6) is -0.902. The fourth-order valence-electron chi connectivity index (χ4n) is 3.58. The van der Waals surface area contributed by atoms with Crippen LogP contribution in [0.25, 0.3) is 16.8 Å². The molecule has 0 radical (unpaired) electrons. The highest BCUT2D eigenvalue weighted by molar-refractivity contribution is 5.97. The first-order valence-electron chi connectivity index (χ1n) is 8.78. The highest BCUT2D eigenvalue weighted by Gasteiger charge is 2.34. The predicted octanol–water partition coefficient (Wildman–Crippen LogP) is 3.60. The summed E-state index contributed by atoms with van der Waals surface area (Å²) in [7, 11) is 0. The molecule has 1 aliphatic rings. The molecule has 0 aliphatic carbocycles. The van der Waals surface area contributed by atoms with Crippen LogP contribution in [0, 0.1) is 5.82 Å². The molecule has 0 N–H and O–H groups in total. The number of hydrogen-bond acceptors (Lipinski definition) is 6. The number of halogens is 4. The van der Waals surface area contributed by atoms with Crippen molar-refractivity contribution in [2.45, 2.75) is 32.2 Å². The van der Waals surface area contributed by atoms with Crippen molar-refractivity contribution in [1.82, 2.24) is 14.7 Å². The number of alkyl halides is 3. The van der Waals surface area contributed by atoms with Crippen LogP contribution in [0.5, 0.6) is 0 Å². The lowest BCUT2D eigenvalue weighted by atomic mass is 10.1. The third-order valence-electron chi connectivity index (χ3n) is 4.67. The summed E-state index contributed by atoms with van der Waals surface area (Å²) in [6.07, 6.45) is -2.88. The average molecular weight is 412 g/mol. The van der Waals surface area contributed by atoms with Crippen molar-refractivity contribution < 1.29 is 31.6 Å². The Labute approximate surface area is 161 Å². The Kier molecular flexibility index (Phi) is 4.56. The van der Waals surface area contributed by atoms with E-state index in [1.165, 1.54) is 6.07 Å². The number of rotatable bonds is 3. The number of nitrogens with zero attached hydrogens (tertiary/aromatic N) is 4. The molecule has 3 heterocycles. The first-order chi connectivity index (χ1) is 13.7. The van der Waals surface area contributed by atoms with E-state index in [9.17, 15) is 18.0 Å². The van der Waals surface area contributed by atoms with Gasteiger partial charge in [-0.15, -0.1) is 0 Å². The fourth-order valence-corrected chi connectivity index (χ4v) is 3.58. The molecule has 1 aliphatic heterocycles. The number of morpholine rings is 1. The second-order valence-electron chi connectivity index (χ2n) is 6.96. The molecule has 3 aromatic rings. The molecule has 2 aromatic heterocycles. The van der Waals surface area contributed by atoms with Gasteiger partial charge in [-0.2, -0.15) is 13.2 Å². The van der Waals surface area contributed by atoms with Crippen LogP contribution in [0.4, 0.5) is 23.2 Å². The number of hydrogen-bond donors (Lipinski definition) is 0. The van der Waals surface area contributed by atoms with E-state index >= 15 is 4.39 Å². The van der Waals surface area contributed by atoms with Gasteiger partial charge in [-0.1, -0.05) is 5.16 Å². The summed E-state index contributed by atoms with van der Waals surface area (Å²) < 4.78 is 65.5. The molecule has 11 heteroatoms. The summed E-state index contributed by atoms with van der Waals surface area (Å²) in [4.78, 5) is 16.7. The molecular formula is C18H16F4N4O3. The minimum absolute atomic E-state index is 0.0388. The molecule has 1 aromatic carbocycles. The summed E-state index contributed by atoms with van der Waals surface area (Å²) in [5, 5.41) is 3.76. The third kappa shape index (κ3) is 3.35. The number of imidazole rings is 1. The Hall–Kier alpha value is -2.95. The maximum Gasteiger partial charge on any atom is 0.434 e. The topological polar surface area (TPSA) is 73.4 Å². The molecule has 0 bridgehead atoms. The smallest absolute Gasteiger partial charge is 0.372 e. The maximum atomic E-state index is 15.3. The number of fused-ring (bicyclic) bond motifs is 1. The number of carbonyl (C=O) groups excluding carboxylic acids is 1. The number of carbonyl (C=O) groups is 1. The third-order valence-corrected chi connectivity index (χ3v) is 4.67. The SMILES string of the molecule is CC1CN(c2c(C=O)cc3c(-n4cnc(C(F)(F)F)c4)noc3c2F)CC(C)O1. The lowest BCUT2D eigenvalue weighted by Crippen LogP contribution is -2.46. The Balaban J connectivity index is 1.83. The van der Waals surface area contributed by atoms with Crippen molar-refractivity contribution >= 4 is 22.9 Å². The molecule has 0 saturated carbocycles. The minimum atomic E-state index is -4.64. The number of ether oxygens (including phenoxy) is 1. The van der Waals surface area contributed by atoms with Gasteiger partial charge < -0.3 is 14.2 Å². The zero-order chi connectivity index (χ0) is 20.9. The van der Waals surface area contributed by atoms with E-state index in [1.807, 2.05) is 13.8 Å². The van der Waals surface area contributed by atoms with E-state index in [-0.39, 0.29) is 40.2 Å². The molecule has 4 rings (SSSR count). The van der Waals surface area contributed by atoms with E-state index in [0.29, 0.717) is 19.4 Å².